The van der Waals surface area contributed by atoms with Gasteiger partial charge in [0.15, 0.2) is 5.76 Å². The predicted molar refractivity (Wildman–Crippen MR) is 107 cm³/mol. The number of carbonyl (C=O) groups is 1. The highest BCUT2D eigenvalue weighted by Crippen LogP contribution is 2.28. The Kier molecular flexibility index (Phi) is 4.52. The van der Waals surface area contributed by atoms with Crippen LogP contribution in [0.5, 0.6) is 5.75 Å². The molecule has 6 heteroatoms. The van der Waals surface area contributed by atoms with Crippen molar-refractivity contribution in [2.45, 2.75) is 0 Å². The number of ether oxygens (including phenoxy) is 1. The summed E-state index contributed by atoms with van der Waals surface area (Å²) in [5.74, 6) is 0.358. The van der Waals surface area contributed by atoms with Crippen LogP contribution in [-0.4, -0.2) is 19.2 Å². The van der Waals surface area contributed by atoms with E-state index in [2.05, 4.69) is 10.5 Å². The van der Waals surface area contributed by atoms with Crippen LogP contribution in [0.3, 0.4) is 0 Å². The molecule has 0 bridgehead atoms. The van der Waals surface area contributed by atoms with E-state index in [1.54, 1.807) is 31.4 Å². The van der Waals surface area contributed by atoms with Crippen LogP contribution in [0.4, 0.5) is 0 Å². The number of carbonyl (C=O) groups excluding carboxylic acids is 1. The second-order valence-electron chi connectivity index (χ2n) is 5.89. The van der Waals surface area contributed by atoms with Crippen molar-refractivity contribution in [1.82, 2.24) is 5.43 Å². The lowest BCUT2D eigenvalue weighted by atomic mass is 10.1. The third-order valence-corrected chi connectivity index (χ3v) is 4.45. The van der Waals surface area contributed by atoms with Gasteiger partial charge in [-0.1, -0.05) is 41.9 Å². The van der Waals surface area contributed by atoms with Crippen LogP contribution in [0.15, 0.2) is 70.2 Å². The predicted octanol–water partition coefficient (Wildman–Crippen LogP) is 5.01. The number of hydrogen-bond acceptors (Lipinski definition) is 4. The summed E-state index contributed by atoms with van der Waals surface area (Å²) in [5.41, 5.74) is 3.77. The molecule has 0 aliphatic rings. The fourth-order valence-electron chi connectivity index (χ4n) is 2.93. The molecule has 4 rings (SSSR count). The van der Waals surface area contributed by atoms with Crippen molar-refractivity contribution in [3.63, 3.8) is 0 Å². The molecule has 0 unspecified atom stereocenters. The van der Waals surface area contributed by atoms with Crippen molar-refractivity contribution in [2.75, 3.05) is 7.11 Å². The minimum Gasteiger partial charge on any atom is -0.496 e. The first-order valence-electron chi connectivity index (χ1n) is 8.24. The van der Waals surface area contributed by atoms with Crippen molar-refractivity contribution in [1.29, 1.82) is 0 Å². The Morgan fingerprint density at radius 3 is 2.81 bits per heavy atom. The molecule has 4 aromatic rings. The van der Waals surface area contributed by atoms with E-state index in [0.29, 0.717) is 21.9 Å². The summed E-state index contributed by atoms with van der Waals surface area (Å²) in [5, 5.41) is 7.53. The Bertz CT molecular complexity index is 1180. The van der Waals surface area contributed by atoms with E-state index in [1.165, 1.54) is 6.21 Å². The average Bonchev–Trinajstić information content (AvgIpc) is 3.13. The van der Waals surface area contributed by atoms with Gasteiger partial charge in [-0.25, -0.2) is 5.43 Å². The minimum atomic E-state index is -0.437. The van der Waals surface area contributed by atoms with E-state index in [9.17, 15) is 4.79 Å². The van der Waals surface area contributed by atoms with Crippen molar-refractivity contribution < 1.29 is 13.9 Å². The van der Waals surface area contributed by atoms with E-state index in [1.807, 2.05) is 36.4 Å². The number of amides is 1. The molecule has 0 fully saturated rings. The molecule has 0 saturated heterocycles. The number of furan rings is 1. The molecule has 1 amide bonds. The molecule has 27 heavy (non-hydrogen) atoms. The fraction of sp³-hybridized carbons (Fsp3) is 0.0476. The zero-order valence-corrected chi connectivity index (χ0v) is 15.2. The van der Waals surface area contributed by atoms with Gasteiger partial charge in [0.25, 0.3) is 0 Å². The molecule has 5 nitrogen and oxygen atoms in total. The van der Waals surface area contributed by atoms with Crippen LogP contribution in [-0.2, 0) is 0 Å². The number of benzene rings is 3. The Labute approximate surface area is 160 Å². The van der Waals surface area contributed by atoms with Crippen LogP contribution < -0.4 is 10.2 Å². The summed E-state index contributed by atoms with van der Waals surface area (Å²) in [7, 11) is 1.55. The van der Waals surface area contributed by atoms with Crippen molar-refractivity contribution in [3.05, 3.63) is 77.0 Å². The summed E-state index contributed by atoms with van der Waals surface area (Å²) in [6.07, 6.45) is 1.47. The molecule has 0 aliphatic heterocycles. The third-order valence-electron chi connectivity index (χ3n) is 4.21. The zero-order valence-electron chi connectivity index (χ0n) is 14.4. The monoisotopic (exact) mass is 378 g/mol. The van der Waals surface area contributed by atoms with Gasteiger partial charge in [-0.2, -0.15) is 5.10 Å². The number of methoxy groups -OCH3 is 1. The molecule has 0 spiro atoms. The summed E-state index contributed by atoms with van der Waals surface area (Å²) < 4.78 is 10.9. The number of rotatable bonds is 4. The number of fused-ring (bicyclic) bond motifs is 3. The Balaban J connectivity index is 1.58. The van der Waals surface area contributed by atoms with Crippen LogP contribution >= 0.6 is 11.6 Å². The number of nitrogens with one attached hydrogen (secondary N) is 1. The van der Waals surface area contributed by atoms with E-state index in [0.717, 1.165) is 16.2 Å². The van der Waals surface area contributed by atoms with E-state index in [-0.39, 0.29) is 5.76 Å². The van der Waals surface area contributed by atoms with Gasteiger partial charge in [-0.3, -0.25) is 4.79 Å². The molecular formula is C21H15ClN2O3. The lowest BCUT2D eigenvalue weighted by molar-refractivity contribution is 0.0929. The molecule has 1 aromatic heterocycles. The van der Waals surface area contributed by atoms with Gasteiger partial charge in [0, 0.05) is 16.0 Å². The molecule has 134 valence electrons. The number of hydrazone groups is 1. The molecule has 1 heterocycles. The largest absolute Gasteiger partial charge is 0.496 e. The molecule has 0 atom stereocenters. The van der Waals surface area contributed by atoms with Gasteiger partial charge in [-0.15, -0.1) is 0 Å². The quantitative estimate of drug-likeness (QED) is 0.401. The van der Waals surface area contributed by atoms with E-state index in [4.69, 9.17) is 20.8 Å². The van der Waals surface area contributed by atoms with Crippen LogP contribution in [0.1, 0.15) is 16.1 Å². The number of hydrogen-bond donors (Lipinski definition) is 1. The van der Waals surface area contributed by atoms with E-state index >= 15 is 0 Å². The molecule has 1 N–H and O–H groups in total. The number of halogens is 1. The molecule has 0 saturated carbocycles. The van der Waals surface area contributed by atoms with Gasteiger partial charge in [-0.05, 0) is 41.1 Å². The lowest BCUT2D eigenvalue weighted by Gasteiger charge is -2.04. The Hall–Kier alpha value is -3.31. The highest BCUT2D eigenvalue weighted by atomic mass is 35.5. The van der Waals surface area contributed by atoms with E-state index < -0.39 is 5.91 Å². The maximum absolute atomic E-state index is 12.4. The summed E-state index contributed by atoms with van der Waals surface area (Å²) >= 11 is 5.98. The first-order valence-corrected chi connectivity index (χ1v) is 8.62. The van der Waals surface area contributed by atoms with Gasteiger partial charge in [0.1, 0.15) is 11.3 Å². The van der Waals surface area contributed by atoms with Crippen LogP contribution in [0.25, 0.3) is 21.7 Å². The van der Waals surface area contributed by atoms with Crippen molar-refractivity contribution >= 4 is 45.5 Å². The summed E-state index contributed by atoms with van der Waals surface area (Å²) in [6.45, 7) is 0. The smallest absolute Gasteiger partial charge is 0.307 e. The van der Waals surface area contributed by atoms with Crippen molar-refractivity contribution in [2.24, 2.45) is 5.10 Å². The highest BCUT2D eigenvalue weighted by molar-refractivity contribution is 6.30. The standard InChI is InChI=1S/C21H15ClN2O3/c1-26-18-9-7-15(22)10-14(18)12-23-24-21(25)20-11-17-16-5-3-2-4-13(16)6-8-19(17)27-20/h2-12H,1H3,(H,24,25). The Morgan fingerprint density at radius 2 is 1.96 bits per heavy atom. The highest BCUT2D eigenvalue weighted by Gasteiger charge is 2.13. The summed E-state index contributed by atoms with van der Waals surface area (Å²) in [4.78, 5) is 12.4. The third kappa shape index (κ3) is 3.37. The fourth-order valence-corrected chi connectivity index (χ4v) is 3.11. The molecule has 0 aliphatic carbocycles. The maximum atomic E-state index is 12.4. The van der Waals surface area contributed by atoms with Gasteiger partial charge in [0.2, 0.25) is 0 Å². The normalized spacial score (nSPS) is 11.3. The molecular weight excluding hydrogens is 364 g/mol. The van der Waals surface area contributed by atoms with Gasteiger partial charge >= 0.3 is 5.91 Å². The Morgan fingerprint density at radius 1 is 1.11 bits per heavy atom. The maximum Gasteiger partial charge on any atom is 0.307 e. The second kappa shape index (κ2) is 7.13. The second-order valence-corrected chi connectivity index (χ2v) is 6.33. The summed E-state index contributed by atoms with van der Waals surface area (Å²) in [6, 6.07) is 18.6. The zero-order chi connectivity index (χ0) is 18.8. The van der Waals surface area contributed by atoms with Crippen LogP contribution in [0, 0.1) is 0 Å². The van der Waals surface area contributed by atoms with Crippen LogP contribution in [0.2, 0.25) is 5.02 Å². The first-order chi connectivity index (χ1) is 13.2. The van der Waals surface area contributed by atoms with Gasteiger partial charge < -0.3 is 9.15 Å². The molecule has 0 radical (unpaired) electrons. The average molecular weight is 379 g/mol. The SMILES string of the molecule is COc1ccc(Cl)cc1C=NNC(=O)c1cc2c(ccc3ccccc32)o1. The topological polar surface area (TPSA) is 63.8 Å². The minimum absolute atomic E-state index is 0.191. The molecule has 3 aromatic carbocycles. The van der Waals surface area contributed by atoms with Gasteiger partial charge in [0.05, 0.1) is 13.3 Å². The first kappa shape index (κ1) is 17.1. The van der Waals surface area contributed by atoms with Crippen molar-refractivity contribution in [3.8, 4) is 5.75 Å². The lowest BCUT2D eigenvalue weighted by Crippen LogP contribution is -2.16. The number of nitrogens with zero attached hydrogens (tertiary/aromatic N) is 1.